The number of nitrogens with two attached hydrogens (primary N) is 1. The van der Waals surface area contributed by atoms with Crippen molar-refractivity contribution in [3.05, 3.63) is 16.3 Å². The van der Waals surface area contributed by atoms with Crippen molar-refractivity contribution < 1.29 is 18.8 Å². The van der Waals surface area contributed by atoms with E-state index >= 15 is 0 Å². The first-order valence-electron chi connectivity index (χ1n) is 4.60. The van der Waals surface area contributed by atoms with Crippen molar-refractivity contribution in [2.75, 3.05) is 23.9 Å². The first-order valence-corrected chi connectivity index (χ1v) is 4.60. The quantitative estimate of drug-likeness (QED) is 0.312. The predicted octanol–water partition coefficient (Wildman–Crippen LogP) is -0.290. The van der Waals surface area contributed by atoms with Crippen LogP contribution in [0.25, 0.3) is 0 Å². The van der Waals surface area contributed by atoms with Crippen LogP contribution < -0.4 is 16.6 Å². The summed E-state index contributed by atoms with van der Waals surface area (Å²) in [4.78, 5) is 16.8. The molecule has 0 atom stereocenters. The number of halogens is 2. The Morgan fingerprint density at radius 1 is 1.61 bits per heavy atom. The van der Waals surface area contributed by atoms with E-state index in [4.69, 9.17) is 10.9 Å². The number of hydrogen-bond acceptors (Lipinski definition) is 8. The zero-order chi connectivity index (χ0) is 13.8. The number of rotatable bonds is 6. The predicted molar refractivity (Wildman–Crippen MR) is 57.0 cm³/mol. The number of nitro groups is 1. The van der Waals surface area contributed by atoms with Crippen molar-refractivity contribution in [2.24, 2.45) is 5.84 Å². The van der Waals surface area contributed by atoms with Crippen LogP contribution in [-0.2, 0) is 0 Å². The second-order valence-electron chi connectivity index (χ2n) is 3.20. The number of aliphatic hydroxyl groups excluding tert-OH is 1. The minimum absolute atomic E-state index is 0.171. The van der Waals surface area contributed by atoms with Gasteiger partial charge in [0.05, 0.1) is 11.5 Å². The van der Waals surface area contributed by atoms with Gasteiger partial charge in [-0.1, -0.05) is 0 Å². The number of nitrogen functional groups attached to an aromatic ring is 1. The van der Waals surface area contributed by atoms with Crippen LogP contribution in [0.4, 0.5) is 26.2 Å². The minimum Gasteiger partial charge on any atom is -0.390 e. The number of aliphatic hydroxyl groups is 1. The van der Waals surface area contributed by atoms with Gasteiger partial charge in [-0.25, -0.2) is 19.6 Å². The Hall–Kier alpha value is -2.14. The maximum absolute atomic E-state index is 12.8. The van der Waals surface area contributed by atoms with Crippen LogP contribution in [0.5, 0.6) is 0 Å². The molecule has 100 valence electrons. The van der Waals surface area contributed by atoms with Crippen molar-refractivity contribution in [3.63, 3.8) is 0 Å². The molecule has 9 nitrogen and oxygen atoms in total. The summed E-state index contributed by atoms with van der Waals surface area (Å²) < 4.78 is 25.6. The van der Waals surface area contributed by atoms with Gasteiger partial charge in [-0.2, -0.15) is 4.98 Å². The molecule has 0 aliphatic heterocycles. The Labute approximate surface area is 99.2 Å². The van der Waals surface area contributed by atoms with Crippen LogP contribution in [0.1, 0.15) is 0 Å². The van der Waals surface area contributed by atoms with Crippen LogP contribution >= 0.6 is 0 Å². The molecule has 0 radical (unpaired) electrons. The van der Waals surface area contributed by atoms with Gasteiger partial charge in [-0.3, -0.25) is 15.5 Å². The Balaban J connectivity index is 2.94. The molecule has 11 heteroatoms. The van der Waals surface area contributed by atoms with Crippen LogP contribution in [0.15, 0.2) is 6.20 Å². The van der Waals surface area contributed by atoms with E-state index in [-0.39, 0.29) is 5.95 Å². The monoisotopic (exact) mass is 264 g/mol. The fourth-order valence-electron chi connectivity index (χ4n) is 0.978. The van der Waals surface area contributed by atoms with Crippen molar-refractivity contribution in [3.8, 4) is 0 Å². The lowest BCUT2D eigenvalue weighted by Crippen LogP contribution is -2.31. The highest BCUT2D eigenvalue weighted by Crippen LogP contribution is 2.23. The fraction of sp³-hybridized carbons (Fsp3) is 0.429. The molecule has 1 heterocycles. The lowest BCUT2D eigenvalue weighted by Gasteiger charge is -2.14. The molecular formula is C7H10F2N6O3. The third kappa shape index (κ3) is 3.43. The molecule has 0 aliphatic carbocycles. The number of nitrogens with one attached hydrogen (secondary N) is 2. The van der Waals surface area contributed by atoms with Gasteiger partial charge in [0, 0.05) is 0 Å². The zero-order valence-corrected chi connectivity index (χ0v) is 8.93. The molecule has 1 rings (SSSR count). The van der Waals surface area contributed by atoms with Crippen LogP contribution in [0, 0.1) is 10.1 Å². The number of hydrazine groups is 1. The standard InChI is InChI=1S/C7H10F2N6O3/c8-7(9,3-16)2-12-5-4(15(17)18)1-11-6(13-5)14-10/h1,16H,2-3,10H2,(H2,11,12,13,14). The van der Waals surface area contributed by atoms with Gasteiger partial charge >= 0.3 is 5.69 Å². The number of aromatic nitrogens is 2. The topological polar surface area (TPSA) is 139 Å². The lowest BCUT2D eigenvalue weighted by atomic mass is 10.3. The molecule has 0 bridgehead atoms. The van der Waals surface area contributed by atoms with Gasteiger partial charge < -0.3 is 10.4 Å². The van der Waals surface area contributed by atoms with Crippen molar-refractivity contribution in [1.82, 2.24) is 9.97 Å². The number of anilines is 2. The van der Waals surface area contributed by atoms with E-state index in [0.29, 0.717) is 0 Å². The summed E-state index contributed by atoms with van der Waals surface area (Å²) in [5.41, 5.74) is 1.44. The van der Waals surface area contributed by atoms with E-state index in [1.165, 1.54) is 0 Å². The molecule has 1 aromatic heterocycles. The van der Waals surface area contributed by atoms with Gasteiger partial charge in [0.15, 0.2) is 0 Å². The SMILES string of the molecule is NNc1ncc([N+](=O)[O-])c(NCC(F)(F)CO)n1. The maximum atomic E-state index is 12.8. The Morgan fingerprint density at radius 2 is 2.28 bits per heavy atom. The molecule has 0 fully saturated rings. The summed E-state index contributed by atoms with van der Waals surface area (Å²) in [6.45, 7) is -2.40. The van der Waals surface area contributed by atoms with Crippen molar-refractivity contribution in [2.45, 2.75) is 5.92 Å². The molecule has 1 aromatic rings. The van der Waals surface area contributed by atoms with Gasteiger partial charge in [0.25, 0.3) is 5.92 Å². The molecule has 0 saturated carbocycles. The maximum Gasteiger partial charge on any atom is 0.329 e. The van der Waals surface area contributed by atoms with Gasteiger partial charge in [-0.15, -0.1) is 0 Å². The average molecular weight is 264 g/mol. The van der Waals surface area contributed by atoms with Crippen molar-refractivity contribution >= 4 is 17.5 Å². The Kier molecular flexibility index (Phi) is 4.23. The second kappa shape index (κ2) is 5.46. The zero-order valence-electron chi connectivity index (χ0n) is 8.93. The molecule has 0 saturated heterocycles. The van der Waals surface area contributed by atoms with Crippen LogP contribution in [-0.4, -0.2) is 39.1 Å². The van der Waals surface area contributed by atoms with E-state index in [2.05, 4.69) is 15.3 Å². The summed E-state index contributed by atoms with van der Waals surface area (Å²) in [5.74, 6) is 0.980. The second-order valence-corrected chi connectivity index (χ2v) is 3.20. The van der Waals surface area contributed by atoms with E-state index in [1.54, 1.807) is 0 Å². The summed E-state index contributed by atoms with van der Waals surface area (Å²) in [5, 5.41) is 21.0. The smallest absolute Gasteiger partial charge is 0.329 e. The number of nitrogens with zero attached hydrogens (tertiary/aromatic N) is 3. The van der Waals surface area contributed by atoms with Gasteiger partial charge in [0.2, 0.25) is 11.8 Å². The van der Waals surface area contributed by atoms with Crippen molar-refractivity contribution in [1.29, 1.82) is 0 Å². The van der Waals surface area contributed by atoms with Crippen LogP contribution in [0.2, 0.25) is 0 Å². The molecule has 18 heavy (non-hydrogen) atoms. The lowest BCUT2D eigenvalue weighted by molar-refractivity contribution is -0.384. The van der Waals surface area contributed by atoms with E-state index in [9.17, 15) is 18.9 Å². The number of alkyl halides is 2. The molecule has 0 aliphatic rings. The summed E-state index contributed by atoms with van der Waals surface area (Å²) in [6.07, 6.45) is 0.821. The van der Waals surface area contributed by atoms with Crippen LogP contribution in [0.3, 0.4) is 0 Å². The first-order chi connectivity index (χ1) is 8.39. The van der Waals surface area contributed by atoms with E-state index in [1.807, 2.05) is 5.43 Å². The molecule has 0 spiro atoms. The summed E-state index contributed by atoms with van der Waals surface area (Å²) >= 11 is 0. The van der Waals surface area contributed by atoms with Gasteiger partial charge in [0.1, 0.15) is 12.8 Å². The molecule has 0 aromatic carbocycles. The molecular weight excluding hydrogens is 254 g/mol. The number of hydrogen-bond donors (Lipinski definition) is 4. The summed E-state index contributed by atoms with van der Waals surface area (Å²) in [7, 11) is 0. The largest absolute Gasteiger partial charge is 0.390 e. The highest BCUT2D eigenvalue weighted by atomic mass is 19.3. The minimum atomic E-state index is -3.42. The molecule has 0 amide bonds. The fourth-order valence-corrected chi connectivity index (χ4v) is 0.978. The van der Waals surface area contributed by atoms with Gasteiger partial charge in [-0.05, 0) is 0 Å². The third-order valence-corrected chi connectivity index (χ3v) is 1.84. The molecule has 5 N–H and O–H groups in total. The summed E-state index contributed by atoms with van der Waals surface area (Å²) in [6, 6.07) is 0. The Morgan fingerprint density at radius 3 is 2.78 bits per heavy atom. The first kappa shape index (κ1) is 13.9. The van der Waals surface area contributed by atoms with E-state index in [0.717, 1.165) is 6.20 Å². The highest BCUT2D eigenvalue weighted by Gasteiger charge is 2.29. The van der Waals surface area contributed by atoms with E-state index < -0.39 is 35.5 Å². The highest BCUT2D eigenvalue weighted by molar-refractivity contribution is 5.56. The average Bonchev–Trinajstić information content (AvgIpc) is 2.36. The molecule has 0 unspecified atom stereocenters. The third-order valence-electron chi connectivity index (χ3n) is 1.84. The normalized spacial score (nSPS) is 11.1. The Bertz CT molecular complexity index is 443.